The molecule has 0 unspecified atom stereocenters. The van der Waals surface area contributed by atoms with Gasteiger partial charge in [-0.1, -0.05) is 36.3 Å². The van der Waals surface area contributed by atoms with Crippen LogP contribution in [0.3, 0.4) is 0 Å². The second-order valence-electron chi connectivity index (χ2n) is 7.43. The highest BCUT2D eigenvalue weighted by molar-refractivity contribution is 5.86. The highest BCUT2D eigenvalue weighted by Crippen LogP contribution is 2.34. The van der Waals surface area contributed by atoms with Crippen LogP contribution in [0.5, 0.6) is 17.2 Å². The Kier molecular flexibility index (Phi) is 9.26. The first-order chi connectivity index (χ1) is 14.4. The van der Waals surface area contributed by atoms with Gasteiger partial charge in [-0.05, 0) is 64.7 Å². The van der Waals surface area contributed by atoms with E-state index in [9.17, 15) is 9.90 Å². The second kappa shape index (κ2) is 11.9. The third kappa shape index (κ3) is 7.14. The van der Waals surface area contributed by atoms with E-state index < -0.39 is 5.63 Å². The molecule has 0 radical (unpaired) electrons. The maximum atomic E-state index is 12.5. The fourth-order valence-corrected chi connectivity index (χ4v) is 2.88. The Balaban J connectivity index is 2.23. The predicted octanol–water partition coefficient (Wildman–Crippen LogP) is 6.31. The average molecular weight is 413 g/mol. The SMILES string of the molecule is CC/C=C/CCOc1c(OC/C=C(\C)CCC=C(C)C)c2ccc(O)cc2oc1=O. The van der Waals surface area contributed by atoms with Gasteiger partial charge in [-0.15, -0.1) is 0 Å². The lowest BCUT2D eigenvalue weighted by molar-refractivity contribution is 0.276. The minimum atomic E-state index is -0.619. The number of fused-ring (bicyclic) bond motifs is 1. The minimum Gasteiger partial charge on any atom is -0.508 e. The first kappa shape index (κ1) is 23.3. The Morgan fingerprint density at radius 1 is 1.07 bits per heavy atom. The van der Waals surface area contributed by atoms with Gasteiger partial charge in [0, 0.05) is 6.07 Å². The van der Waals surface area contributed by atoms with Crippen molar-refractivity contribution in [3.8, 4) is 17.2 Å². The molecule has 5 nitrogen and oxygen atoms in total. The number of rotatable bonds is 11. The number of aromatic hydroxyl groups is 1. The molecule has 0 saturated heterocycles. The molecule has 0 saturated carbocycles. The molecule has 0 aliphatic carbocycles. The number of hydrogen-bond acceptors (Lipinski definition) is 5. The number of allylic oxidation sites excluding steroid dienone is 4. The van der Waals surface area contributed by atoms with Crippen LogP contribution in [0.25, 0.3) is 11.0 Å². The van der Waals surface area contributed by atoms with Gasteiger partial charge in [0.2, 0.25) is 5.75 Å². The van der Waals surface area contributed by atoms with E-state index in [-0.39, 0.29) is 17.1 Å². The van der Waals surface area contributed by atoms with E-state index in [0.717, 1.165) is 19.3 Å². The summed E-state index contributed by atoms with van der Waals surface area (Å²) in [4.78, 5) is 12.5. The molecular formula is C25H32O5. The molecule has 162 valence electrons. The van der Waals surface area contributed by atoms with Crippen LogP contribution in [0.1, 0.15) is 53.4 Å². The van der Waals surface area contributed by atoms with Gasteiger partial charge in [-0.25, -0.2) is 4.79 Å². The molecule has 30 heavy (non-hydrogen) atoms. The number of ether oxygens (including phenoxy) is 2. The first-order valence-electron chi connectivity index (χ1n) is 10.4. The zero-order valence-corrected chi connectivity index (χ0v) is 18.4. The number of benzene rings is 1. The lowest BCUT2D eigenvalue weighted by Crippen LogP contribution is -2.11. The van der Waals surface area contributed by atoms with Crippen molar-refractivity contribution in [2.75, 3.05) is 13.2 Å². The van der Waals surface area contributed by atoms with E-state index in [2.05, 4.69) is 39.8 Å². The Bertz CT molecular complexity index is 975. The fraction of sp³-hybridized carbons (Fsp3) is 0.400. The smallest absolute Gasteiger partial charge is 0.383 e. The molecule has 1 aromatic heterocycles. The summed E-state index contributed by atoms with van der Waals surface area (Å²) in [5.41, 5.74) is 2.16. The van der Waals surface area contributed by atoms with Crippen LogP contribution in [-0.2, 0) is 0 Å². The summed E-state index contributed by atoms with van der Waals surface area (Å²) in [5.74, 6) is 0.424. The molecule has 0 atom stereocenters. The summed E-state index contributed by atoms with van der Waals surface area (Å²) >= 11 is 0. The third-order valence-electron chi connectivity index (χ3n) is 4.49. The normalized spacial score (nSPS) is 11.8. The van der Waals surface area contributed by atoms with E-state index in [4.69, 9.17) is 13.9 Å². The summed E-state index contributed by atoms with van der Waals surface area (Å²) in [6, 6.07) is 4.60. The van der Waals surface area contributed by atoms with Crippen LogP contribution in [-0.4, -0.2) is 18.3 Å². The highest BCUT2D eigenvalue weighted by atomic mass is 16.5. The fourth-order valence-electron chi connectivity index (χ4n) is 2.88. The van der Waals surface area contributed by atoms with Crippen molar-refractivity contribution in [3.63, 3.8) is 0 Å². The van der Waals surface area contributed by atoms with Crippen LogP contribution in [0.4, 0.5) is 0 Å². The molecule has 1 heterocycles. The van der Waals surface area contributed by atoms with Crippen LogP contribution in [0.15, 0.2) is 62.9 Å². The first-order valence-corrected chi connectivity index (χ1v) is 10.4. The second-order valence-corrected chi connectivity index (χ2v) is 7.43. The van der Waals surface area contributed by atoms with E-state index >= 15 is 0 Å². The molecule has 0 aliphatic rings. The molecule has 5 heteroatoms. The van der Waals surface area contributed by atoms with E-state index in [1.54, 1.807) is 6.07 Å². The molecule has 1 aromatic carbocycles. The van der Waals surface area contributed by atoms with Crippen molar-refractivity contribution >= 4 is 11.0 Å². The van der Waals surface area contributed by atoms with Crippen LogP contribution >= 0.6 is 0 Å². The van der Waals surface area contributed by atoms with E-state index in [1.807, 2.05) is 12.2 Å². The van der Waals surface area contributed by atoms with Gasteiger partial charge < -0.3 is 19.0 Å². The van der Waals surface area contributed by atoms with Gasteiger partial charge in [-0.3, -0.25) is 0 Å². The van der Waals surface area contributed by atoms with Gasteiger partial charge in [-0.2, -0.15) is 0 Å². The molecule has 2 rings (SSSR count). The Morgan fingerprint density at radius 2 is 1.87 bits per heavy atom. The summed E-state index contributed by atoms with van der Waals surface area (Å²) in [7, 11) is 0. The topological polar surface area (TPSA) is 68.9 Å². The van der Waals surface area contributed by atoms with Gasteiger partial charge in [0.15, 0.2) is 5.75 Å². The van der Waals surface area contributed by atoms with Gasteiger partial charge in [0.25, 0.3) is 0 Å². The zero-order chi connectivity index (χ0) is 21.9. The third-order valence-corrected chi connectivity index (χ3v) is 4.49. The van der Waals surface area contributed by atoms with Crippen molar-refractivity contribution < 1.29 is 19.0 Å². The Hall–Kier alpha value is -2.95. The quantitative estimate of drug-likeness (QED) is 0.266. The summed E-state index contributed by atoms with van der Waals surface area (Å²) < 4.78 is 17.0. The lowest BCUT2D eigenvalue weighted by Gasteiger charge is -2.13. The maximum Gasteiger partial charge on any atom is 0.383 e. The van der Waals surface area contributed by atoms with Crippen LogP contribution in [0, 0.1) is 0 Å². The summed E-state index contributed by atoms with van der Waals surface area (Å²) in [6.45, 7) is 8.96. The van der Waals surface area contributed by atoms with Gasteiger partial charge in [0.1, 0.15) is 17.9 Å². The molecule has 0 fully saturated rings. The maximum absolute atomic E-state index is 12.5. The molecular weight excluding hydrogens is 380 g/mol. The largest absolute Gasteiger partial charge is 0.508 e. The van der Waals surface area contributed by atoms with Crippen LogP contribution in [0.2, 0.25) is 0 Å². The van der Waals surface area contributed by atoms with E-state index in [1.165, 1.54) is 23.3 Å². The predicted molar refractivity (Wildman–Crippen MR) is 122 cm³/mol. The van der Waals surface area contributed by atoms with Crippen molar-refractivity contribution in [1.82, 2.24) is 0 Å². The summed E-state index contributed by atoms with van der Waals surface area (Å²) in [6.07, 6.45) is 11.9. The van der Waals surface area contributed by atoms with Crippen molar-refractivity contribution in [2.24, 2.45) is 0 Å². The lowest BCUT2D eigenvalue weighted by atomic mass is 10.1. The molecule has 1 N–H and O–H groups in total. The van der Waals surface area contributed by atoms with Crippen LogP contribution < -0.4 is 15.1 Å². The minimum absolute atomic E-state index is 0.0185. The zero-order valence-electron chi connectivity index (χ0n) is 18.4. The molecule has 0 amide bonds. The number of hydrogen-bond donors (Lipinski definition) is 1. The highest BCUT2D eigenvalue weighted by Gasteiger charge is 2.18. The van der Waals surface area contributed by atoms with Gasteiger partial charge in [0.05, 0.1) is 12.0 Å². The monoisotopic (exact) mass is 412 g/mol. The standard InChI is InChI=1S/C25H32O5/c1-5-6-7-8-15-28-24-23(29-16-14-19(4)11-9-10-18(2)3)21-13-12-20(26)17-22(21)30-25(24)27/h6-7,10,12-14,17,26H,5,8-9,11,15-16H2,1-4H3/b7-6+,19-14+. The molecule has 0 bridgehead atoms. The van der Waals surface area contributed by atoms with Crippen molar-refractivity contribution in [2.45, 2.75) is 53.4 Å². The molecule has 0 spiro atoms. The molecule has 0 aliphatic heterocycles. The number of phenolic OH excluding ortho intramolecular Hbond substituents is 1. The number of phenols is 1. The molecule has 2 aromatic rings. The van der Waals surface area contributed by atoms with Crippen molar-refractivity contribution in [1.29, 1.82) is 0 Å². The van der Waals surface area contributed by atoms with Gasteiger partial charge >= 0.3 is 5.63 Å². The summed E-state index contributed by atoms with van der Waals surface area (Å²) in [5, 5.41) is 10.3. The average Bonchev–Trinajstić information content (AvgIpc) is 2.68. The van der Waals surface area contributed by atoms with Crippen molar-refractivity contribution in [3.05, 3.63) is 64.1 Å². The Morgan fingerprint density at radius 3 is 2.60 bits per heavy atom. The Labute approximate surface area is 178 Å². The van der Waals surface area contributed by atoms with E-state index in [0.29, 0.717) is 30.8 Å².